The fourth-order valence-electron chi connectivity index (χ4n) is 5.25. The van der Waals surface area contributed by atoms with Crippen molar-refractivity contribution in [1.29, 1.82) is 0 Å². The number of carbonyl (C=O) groups excluding carboxylic acids is 3. The lowest BCUT2D eigenvalue weighted by molar-refractivity contribution is -0.142. The van der Waals surface area contributed by atoms with Gasteiger partial charge in [-0.2, -0.15) is 0 Å². The topological polar surface area (TPSA) is 202 Å². The molecule has 0 bridgehead atoms. The smallest absolute Gasteiger partial charge is 0.326 e. The van der Waals surface area contributed by atoms with Crippen molar-refractivity contribution in [2.75, 3.05) is 0 Å². The van der Waals surface area contributed by atoms with Gasteiger partial charge in [-0.1, -0.05) is 50.2 Å². The quantitative estimate of drug-likeness (QED) is 0.107. The number of aliphatic carboxylic acids is 1. The molecule has 5 unspecified atom stereocenters. The fourth-order valence-corrected chi connectivity index (χ4v) is 5.25. The van der Waals surface area contributed by atoms with Gasteiger partial charge >= 0.3 is 5.97 Å². The fraction of sp³-hybridized carbons (Fsp3) is 0.375. The number of carboxylic acid groups (broad SMARTS) is 1. The Morgan fingerprint density at radius 3 is 1.80 bits per heavy atom. The van der Waals surface area contributed by atoms with Crippen molar-refractivity contribution in [2.24, 2.45) is 11.7 Å². The zero-order valence-corrected chi connectivity index (χ0v) is 25.0. The van der Waals surface area contributed by atoms with Gasteiger partial charge in [-0.15, -0.1) is 0 Å². The molecule has 0 aliphatic heterocycles. The number of aliphatic hydroxyl groups excluding tert-OH is 1. The molecule has 0 radical (unpaired) electrons. The summed E-state index contributed by atoms with van der Waals surface area (Å²) in [7, 11) is 0. The normalized spacial score (nSPS) is 15.0. The number of aromatic nitrogens is 2. The van der Waals surface area contributed by atoms with Crippen LogP contribution in [0.25, 0.3) is 21.8 Å². The first-order chi connectivity index (χ1) is 20.9. The Labute approximate surface area is 254 Å². The number of H-pyrrole nitrogens is 2. The summed E-state index contributed by atoms with van der Waals surface area (Å²) in [4.78, 5) is 58.0. The molecule has 12 nitrogen and oxygen atoms in total. The maximum Gasteiger partial charge on any atom is 0.326 e. The molecule has 44 heavy (non-hydrogen) atoms. The van der Waals surface area contributed by atoms with Crippen molar-refractivity contribution in [3.63, 3.8) is 0 Å². The summed E-state index contributed by atoms with van der Waals surface area (Å²) < 4.78 is 0. The molecule has 4 rings (SSSR count). The molecule has 4 aromatic rings. The van der Waals surface area contributed by atoms with Crippen molar-refractivity contribution < 1.29 is 29.4 Å². The molecule has 0 aliphatic rings. The lowest BCUT2D eigenvalue weighted by Gasteiger charge is -2.27. The maximum absolute atomic E-state index is 13.4. The predicted molar refractivity (Wildman–Crippen MR) is 167 cm³/mol. The van der Waals surface area contributed by atoms with Crippen molar-refractivity contribution in [2.45, 2.75) is 70.3 Å². The summed E-state index contributed by atoms with van der Waals surface area (Å²) in [5.74, 6) is -3.41. The number of hydrogen-bond acceptors (Lipinski definition) is 6. The lowest BCUT2D eigenvalue weighted by atomic mass is 10.00. The van der Waals surface area contributed by atoms with Crippen LogP contribution < -0.4 is 21.7 Å². The summed E-state index contributed by atoms with van der Waals surface area (Å²) in [6.45, 7) is 5.05. The number of rotatable bonds is 14. The van der Waals surface area contributed by atoms with E-state index in [4.69, 9.17) is 5.73 Å². The van der Waals surface area contributed by atoms with Crippen molar-refractivity contribution >= 4 is 45.5 Å². The minimum Gasteiger partial charge on any atom is -0.480 e. The number of carboxylic acids is 1. The van der Waals surface area contributed by atoms with E-state index in [1.807, 2.05) is 62.4 Å². The van der Waals surface area contributed by atoms with Gasteiger partial charge < -0.3 is 41.9 Å². The third-order valence-corrected chi connectivity index (χ3v) is 7.57. The van der Waals surface area contributed by atoms with Gasteiger partial charge in [0.2, 0.25) is 17.7 Å². The molecule has 9 N–H and O–H groups in total. The van der Waals surface area contributed by atoms with Crippen LogP contribution in [-0.2, 0) is 32.0 Å². The molecule has 2 aromatic carbocycles. The van der Waals surface area contributed by atoms with Gasteiger partial charge in [0.15, 0.2) is 0 Å². The maximum atomic E-state index is 13.4. The minimum atomic E-state index is -1.40. The Bertz CT molecular complexity index is 1630. The van der Waals surface area contributed by atoms with E-state index < -0.39 is 54.0 Å². The monoisotopic (exact) mass is 604 g/mol. The second-order valence-corrected chi connectivity index (χ2v) is 11.6. The van der Waals surface area contributed by atoms with E-state index in [2.05, 4.69) is 25.9 Å². The van der Waals surface area contributed by atoms with E-state index in [1.165, 1.54) is 6.92 Å². The molecule has 5 atom stereocenters. The highest BCUT2D eigenvalue weighted by molar-refractivity contribution is 5.95. The van der Waals surface area contributed by atoms with Gasteiger partial charge in [-0.25, -0.2) is 4.79 Å². The molecule has 0 saturated heterocycles. The predicted octanol–water partition coefficient (Wildman–Crippen LogP) is 1.73. The van der Waals surface area contributed by atoms with Crippen LogP contribution in [-0.4, -0.2) is 74.1 Å². The Morgan fingerprint density at radius 1 is 0.750 bits per heavy atom. The molecule has 234 valence electrons. The number of aliphatic hydroxyl groups is 1. The van der Waals surface area contributed by atoms with Crippen LogP contribution in [0, 0.1) is 5.92 Å². The highest BCUT2D eigenvalue weighted by Crippen LogP contribution is 2.20. The van der Waals surface area contributed by atoms with Gasteiger partial charge in [-0.05, 0) is 48.9 Å². The molecule has 2 aromatic heterocycles. The summed E-state index contributed by atoms with van der Waals surface area (Å²) in [5, 5.41) is 29.7. The second-order valence-electron chi connectivity index (χ2n) is 11.6. The Hall–Kier alpha value is -4.68. The Morgan fingerprint density at radius 2 is 1.27 bits per heavy atom. The van der Waals surface area contributed by atoms with Crippen molar-refractivity contribution in [3.8, 4) is 0 Å². The lowest BCUT2D eigenvalue weighted by Crippen LogP contribution is -2.60. The molecule has 0 spiro atoms. The zero-order valence-electron chi connectivity index (χ0n) is 25.0. The van der Waals surface area contributed by atoms with E-state index in [1.54, 1.807) is 12.4 Å². The van der Waals surface area contributed by atoms with E-state index >= 15 is 0 Å². The molecule has 0 fully saturated rings. The highest BCUT2D eigenvalue weighted by atomic mass is 16.4. The van der Waals surface area contributed by atoms with E-state index in [0.717, 1.165) is 32.9 Å². The van der Waals surface area contributed by atoms with Crippen molar-refractivity contribution in [3.05, 3.63) is 72.1 Å². The summed E-state index contributed by atoms with van der Waals surface area (Å²) in [6.07, 6.45) is 2.57. The van der Waals surface area contributed by atoms with Gasteiger partial charge in [0.1, 0.15) is 18.1 Å². The SMILES string of the molecule is CC(C)CC(NC(=O)C(NC(=O)C(N)Cc1c[nH]c2ccccc12)C(C)O)C(=O)NC(Cc1c[nH]c2ccccc12)C(=O)O. The molecular weight excluding hydrogens is 564 g/mol. The number of nitrogens with one attached hydrogen (secondary N) is 5. The summed E-state index contributed by atoms with van der Waals surface area (Å²) in [5.41, 5.74) is 9.47. The third kappa shape index (κ3) is 7.82. The second kappa shape index (κ2) is 14.2. The zero-order chi connectivity index (χ0) is 32.0. The third-order valence-electron chi connectivity index (χ3n) is 7.57. The van der Waals surface area contributed by atoms with E-state index in [9.17, 15) is 29.4 Å². The number of carbonyl (C=O) groups is 4. The van der Waals surface area contributed by atoms with Gasteiger partial charge in [0.05, 0.1) is 12.1 Å². The molecule has 2 heterocycles. The number of hydrogen-bond donors (Lipinski definition) is 8. The molecule has 0 saturated carbocycles. The number of para-hydroxylation sites is 2. The number of nitrogens with two attached hydrogens (primary N) is 1. The Kier molecular flexibility index (Phi) is 10.4. The standard InChI is InChI=1S/C32H40N6O6/c1-17(2)12-26(30(41)37-27(32(43)44)14-20-16-35-25-11-7-5-9-22(20)25)36-31(42)28(18(3)39)38-29(40)23(33)13-19-15-34-24-10-6-4-8-21(19)24/h4-11,15-18,23,26-28,34-35,39H,12-14,33H2,1-3H3,(H,36,42)(H,37,41)(H,38,40)(H,43,44). The molecular formula is C32H40N6O6. The van der Waals surface area contributed by atoms with Crippen LogP contribution >= 0.6 is 0 Å². The first kappa shape index (κ1) is 32.2. The number of amides is 3. The first-order valence-electron chi connectivity index (χ1n) is 14.6. The van der Waals surface area contributed by atoms with Gasteiger partial charge in [0.25, 0.3) is 0 Å². The largest absolute Gasteiger partial charge is 0.480 e. The Balaban J connectivity index is 1.42. The summed E-state index contributed by atoms with van der Waals surface area (Å²) in [6, 6.07) is 10.2. The average molecular weight is 605 g/mol. The number of benzene rings is 2. The van der Waals surface area contributed by atoms with E-state index in [-0.39, 0.29) is 25.2 Å². The van der Waals surface area contributed by atoms with E-state index in [0.29, 0.717) is 0 Å². The molecule has 0 aliphatic carbocycles. The van der Waals surface area contributed by atoms with Crippen LogP contribution in [0.2, 0.25) is 0 Å². The van der Waals surface area contributed by atoms with Crippen LogP contribution in [0.4, 0.5) is 0 Å². The minimum absolute atomic E-state index is 0.0219. The van der Waals surface area contributed by atoms with Crippen LogP contribution in [0.5, 0.6) is 0 Å². The molecule has 12 heteroatoms. The van der Waals surface area contributed by atoms with Crippen LogP contribution in [0.1, 0.15) is 38.3 Å². The van der Waals surface area contributed by atoms with Gasteiger partial charge in [0, 0.05) is 40.6 Å². The summed E-state index contributed by atoms with van der Waals surface area (Å²) >= 11 is 0. The highest BCUT2D eigenvalue weighted by Gasteiger charge is 2.33. The van der Waals surface area contributed by atoms with Crippen LogP contribution in [0.3, 0.4) is 0 Å². The van der Waals surface area contributed by atoms with Crippen molar-refractivity contribution in [1.82, 2.24) is 25.9 Å². The number of aromatic amines is 2. The first-order valence-corrected chi connectivity index (χ1v) is 14.6. The average Bonchev–Trinajstić information content (AvgIpc) is 3.58. The number of fused-ring (bicyclic) bond motifs is 2. The van der Waals surface area contributed by atoms with Crippen LogP contribution in [0.15, 0.2) is 60.9 Å². The molecule has 3 amide bonds. The van der Waals surface area contributed by atoms with Gasteiger partial charge in [-0.3, -0.25) is 14.4 Å².